The lowest BCUT2D eigenvalue weighted by Crippen LogP contribution is -2.48. The second-order valence-electron chi connectivity index (χ2n) is 4.31. The summed E-state index contributed by atoms with van der Waals surface area (Å²) in [7, 11) is 1.63. The van der Waals surface area contributed by atoms with E-state index in [1.165, 1.54) is 0 Å². The molecule has 0 spiro atoms. The van der Waals surface area contributed by atoms with Crippen molar-refractivity contribution in [3.05, 3.63) is 11.6 Å². The number of carboxylic acids is 1. The van der Waals surface area contributed by atoms with Crippen LogP contribution in [0.15, 0.2) is 11.6 Å². The van der Waals surface area contributed by atoms with E-state index in [1.54, 1.807) is 20.0 Å². The number of carbonyl (C=O) groups excluding carboxylic acids is 1. The van der Waals surface area contributed by atoms with E-state index < -0.39 is 5.97 Å². The Morgan fingerprint density at radius 3 is 2.76 bits per heavy atom. The first-order valence-electron chi connectivity index (χ1n) is 5.92. The summed E-state index contributed by atoms with van der Waals surface area (Å²) in [4.78, 5) is 24.4. The van der Waals surface area contributed by atoms with Crippen LogP contribution < -0.4 is 5.32 Å². The third-order valence-corrected chi connectivity index (χ3v) is 3.13. The average molecular weight is 240 g/mol. The summed E-state index contributed by atoms with van der Waals surface area (Å²) in [5.74, 6) is -0.885. The molecule has 1 unspecified atom stereocenters. The maximum atomic E-state index is 11.7. The number of nitrogens with one attached hydrogen (secondary N) is 1. The first kappa shape index (κ1) is 13.7. The minimum Gasteiger partial charge on any atom is -0.478 e. The Hall–Kier alpha value is -1.36. The highest BCUT2D eigenvalue weighted by Crippen LogP contribution is 2.17. The topological polar surface area (TPSA) is 69.6 Å². The summed E-state index contributed by atoms with van der Waals surface area (Å²) >= 11 is 0. The Balaban J connectivity index is 2.63. The number of carboxylic acid groups (broad SMARTS) is 1. The minimum absolute atomic E-state index is 0.0195. The number of amides is 1. The van der Waals surface area contributed by atoms with Gasteiger partial charge < -0.3 is 10.4 Å². The van der Waals surface area contributed by atoms with Gasteiger partial charge in [-0.2, -0.15) is 0 Å². The molecule has 1 rings (SSSR count). The van der Waals surface area contributed by atoms with Gasteiger partial charge in [-0.05, 0) is 26.3 Å². The molecule has 1 atom stereocenters. The maximum absolute atomic E-state index is 11.7. The summed E-state index contributed by atoms with van der Waals surface area (Å²) in [5.41, 5.74) is 0.325. The van der Waals surface area contributed by atoms with Crippen molar-refractivity contribution in [2.75, 3.05) is 20.1 Å². The van der Waals surface area contributed by atoms with E-state index >= 15 is 0 Å². The van der Waals surface area contributed by atoms with Crippen molar-refractivity contribution < 1.29 is 14.7 Å². The number of hydrogen-bond acceptors (Lipinski definition) is 3. The van der Waals surface area contributed by atoms with Crippen LogP contribution in [0.2, 0.25) is 0 Å². The van der Waals surface area contributed by atoms with Gasteiger partial charge in [-0.1, -0.05) is 12.5 Å². The first-order valence-corrected chi connectivity index (χ1v) is 5.92. The number of rotatable bonds is 4. The van der Waals surface area contributed by atoms with Crippen LogP contribution in [0.5, 0.6) is 0 Å². The molecule has 0 radical (unpaired) electrons. The lowest BCUT2D eigenvalue weighted by molar-refractivity contribution is -0.132. The van der Waals surface area contributed by atoms with E-state index in [9.17, 15) is 9.59 Å². The van der Waals surface area contributed by atoms with Gasteiger partial charge in [-0.25, -0.2) is 4.79 Å². The van der Waals surface area contributed by atoms with Gasteiger partial charge in [-0.15, -0.1) is 0 Å². The van der Waals surface area contributed by atoms with Gasteiger partial charge in [0.1, 0.15) is 0 Å². The normalized spacial score (nSPS) is 22.2. The molecule has 1 heterocycles. The van der Waals surface area contributed by atoms with E-state index in [-0.39, 0.29) is 11.9 Å². The van der Waals surface area contributed by atoms with Gasteiger partial charge >= 0.3 is 5.97 Å². The highest BCUT2D eigenvalue weighted by molar-refractivity contribution is 5.85. The Labute approximate surface area is 101 Å². The Kier molecular flexibility index (Phi) is 5.15. The quantitative estimate of drug-likeness (QED) is 0.707. The first-order chi connectivity index (χ1) is 8.06. The van der Waals surface area contributed by atoms with Crippen LogP contribution in [0.25, 0.3) is 0 Å². The van der Waals surface area contributed by atoms with Crippen molar-refractivity contribution >= 4 is 11.9 Å². The number of carbonyl (C=O) groups is 2. The molecular formula is C12H20N2O3. The fourth-order valence-electron chi connectivity index (χ4n) is 2.01. The zero-order chi connectivity index (χ0) is 12.8. The third kappa shape index (κ3) is 3.85. The Morgan fingerprint density at radius 2 is 2.18 bits per heavy atom. The summed E-state index contributed by atoms with van der Waals surface area (Å²) in [6.45, 7) is 2.94. The van der Waals surface area contributed by atoms with Gasteiger partial charge in [-0.3, -0.25) is 9.69 Å². The monoisotopic (exact) mass is 240 g/mol. The van der Waals surface area contributed by atoms with Crippen LogP contribution in [0.3, 0.4) is 0 Å². The number of aliphatic carboxylic acids is 1. The molecule has 1 amide bonds. The molecule has 0 aromatic carbocycles. The molecule has 0 aliphatic carbocycles. The highest BCUT2D eigenvalue weighted by atomic mass is 16.4. The predicted octanol–water partition coefficient (Wildman–Crippen LogP) is 0.618. The smallest absolute Gasteiger partial charge is 0.330 e. The predicted molar refractivity (Wildman–Crippen MR) is 64.7 cm³/mol. The summed E-state index contributed by atoms with van der Waals surface area (Å²) < 4.78 is 0. The Bertz CT molecular complexity index is 326. The number of piperidine rings is 1. The van der Waals surface area contributed by atoms with Crippen molar-refractivity contribution in [2.45, 2.75) is 32.2 Å². The van der Waals surface area contributed by atoms with Crippen molar-refractivity contribution in [3.63, 3.8) is 0 Å². The van der Waals surface area contributed by atoms with Crippen LogP contribution >= 0.6 is 0 Å². The number of likely N-dealkylation sites (tertiary alicyclic amines) is 1. The zero-order valence-corrected chi connectivity index (χ0v) is 10.4. The van der Waals surface area contributed by atoms with Gasteiger partial charge in [0.25, 0.3) is 0 Å². The second kappa shape index (κ2) is 6.39. The second-order valence-corrected chi connectivity index (χ2v) is 4.31. The SMILES string of the molecule is CNC(=O)C1CCCCN1CC=C(C)C(=O)O. The number of hydrogen-bond donors (Lipinski definition) is 2. The van der Waals surface area contributed by atoms with Crippen molar-refractivity contribution in [3.8, 4) is 0 Å². The molecule has 96 valence electrons. The van der Waals surface area contributed by atoms with E-state index in [4.69, 9.17) is 5.11 Å². The maximum Gasteiger partial charge on any atom is 0.330 e. The van der Waals surface area contributed by atoms with Crippen LogP contribution in [0.4, 0.5) is 0 Å². The molecule has 1 aliphatic heterocycles. The van der Waals surface area contributed by atoms with E-state index in [0.717, 1.165) is 25.8 Å². The van der Waals surface area contributed by atoms with Gasteiger partial charge in [0.15, 0.2) is 0 Å². The fourth-order valence-corrected chi connectivity index (χ4v) is 2.01. The molecule has 0 aromatic heterocycles. The van der Waals surface area contributed by atoms with Crippen LogP contribution in [-0.4, -0.2) is 48.1 Å². The van der Waals surface area contributed by atoms with E-state index in [1.807, 2.05) is 4.90 Å². The average Bonchev–Trinajstić information content (AvgIpc) is 2.35. The van der Waals surface area contributed by atoms with Gasteiger partial charge in [0.2, 0.25) is 5.91 Å². The molecule has 1 saturated heterocycles. The molecule has 5 heteroatoms. The van der Waals surface area contributed by atoms with Crippen molar-refractivity contribution in [1.82, 2.24) is 10.2 Å². The van der Waals surface area contributed by atoms with Crippen LogP contribution in [-0.2, 0) is 9.59 Å². The van der Waals surface area contributed by atoms with Crippen molar-refractivity contribution in [1.29, 1.82) is 0 Å². The molecule has 17 heavy (non-hydrogen) atoms. The molecule has 1 aliphatic rings. The molecule has 5 nitrogen and oxygen atoms in total. The molecule has 0 bridgehead atoms. The number of likely N-dealkylation sites (N-methyl/N-ethyl adjacent to an activating group) is 1. The number of nitrogens with zero attached hydrogens (tertiary/aromatic N) is 1. The standard InChI is InChI=1S/C12H20N2O3/c1-9(12(16)17)6-8-14-7-4-3-5-10(14)11(15)13-2/h6,10H,3-5,7-8H2,1-2H3,(H,13,15)(H,16,17). The van der Waals surface area contributed by atoms with Gasteiger partial charge in [0, 0.05) is 19.2 Å². The molecule has 0 saturated carbocycles. The Morgan fingerprint density at radius 1 is 1.47 bits per heavy atom. The minimum atomic E-state index is -0.904. The highest BCUT2D eigenvalue weighted by Gasteiger charge is 2.27. The van der Waals surface area contributed by atoms with Gasteiger partial charge in [0.05, 0.1) is 6.04 Å². The molecule has 0 aromatic rings. The lowest BCUT2D eigenvalue weighted by Gasteiger charge is -2.33. The summed E-state index contributed by atoms with van der Waals surface area (Å²) in [6.07, 6.45) is 4.63. The van der Waals surface area contributed by atoms with Crippen LogP contribution in [0, 0.1) is 0 Å². The van der Waals surface area contributed by atoms with E-state index in [0.29, 0.717) is 12.1 Å². The zero-order valence-electron chi connectivity index (χ0n) is 10.4. The van der Waals surface area contributed by atoms with E-state index in [2.05, 4.69) is 5.32 Å². The lowest BCUT2D eigenvalue weighted by atomic mass is 10.0. The summed E-state index contributed by atoms with van der Waals surface area (Å²) in [6, 6.07) is -0.119. The van der Waals surface area contributed by atoms with Crippen molar-refractivity contribution in [2.24, 2.45) is 0 Å². The largest absolute Gasteiger partial charge is 0.478 e. The molecular weight excluding hydrogens is 220 g/mol. The fraction of sp³-hybridized carbons (Fsp3) is 0.667. The third-order valence-electron chi connectivity index (χ3n) is 3.13. The van der Waals surface area contributed by atoms with Crippen LogP contribution in [0.1, 0.15) is 26.2 Å². The summed E-state index contributed by atoms with van der Waals surface area (Å²) in [5, 5.41) is 11.4. The molecule has 1 fully saturated rings. The molecule has 2 N–H and O–H groups in total.